The minimum absolute atomic E-state index is 0.151. The van der Waals surface area contributed by atoms with E-state index in [-0.39, 0.29) is 11.7 Å². The van der Waals surface area contributed by atoms with Crippen molar-refractivity contribution in [1.82, 2.24) is 9.29 Å². The zero-order chi connectivity index (χ0) is 22.9. The number of aryl methyl sites for hydroxylation is 2. The Bertz CT molecular complexity index is 1290. The van der Waals surface area contributed by atoms with Crippen LogP contribution in [0.4, 0.5) is 5.69 Å². The molecular weight excluding hydrogens is 466 g/mol. The molecule has 1 aromatic heterocycles. The molecule has 1 aliphatic rings. The van der Waals surface area contributed by atoms with Gasteiger partial charge in [0.15, 0.2) is 0 Å². The first kappa shape index (κ1) is 23.0. The van der Waals surface area contributed by atoms with Crippen LogP contribution in [0.3, 0.4) is 0 Å². The zero-order valence-electron chi connectivity index (χ0n) is 17.9. The first-order valence-corrected chi connectivity index (χ1v) is 13.1. The van der Waals surface area contributed by atoms with Crippen molar-refractivity contribution < 1.29 is 13.2 Å². The van der Waals surface area contributed by atoms with Crippen molar-refractivity contribution in [1.29, 1.82) is 0 Å². The Morgan fingerprint density at radius 1 is 1.09 bits per heavy atom. The fourth-order valence-electron chi connectivity index (χ4n) is 3.66. The van der Waals surface area contributed by atoms with Gasteiger partial charge in [-0.2, -0.15) is 4.31 Å². The SMILES string of the molecule is Cc1ccc(NC(=O)CSc2cc(C)c3cc(S(=O)(=O)N4CCCC4)ccc3n2)cc1Cl. The van der Waals surface area contributed by atoms with Crippen molar-refractivity contribution in [2.75, 3.05) is 24.2 Å². The Morgan fingerprint density at radius 2 is 1.84 bits per heavy atom. The summed E-state index contributed by atoms with van der Waals surface area (Å²) in [6.07, 6.45) is 1.80. The molecule has 1 aliphatic heterocycles. The van der Waals surface area contributed by atoms with E-state index < -0.39 is 10.0 Å². The lowest BCUT2D eigenvalue weighted by Gasteiger charge is -2.16. The third-order valence-electron chi connectivity index (χ3n) is 5.47. The van der Waals surface area contributed by atoms with Gasteiger partial charge >= 0.3 is 0 Å². The molecule has 32 heavy (non-hydrogen) atoms. The van der Waals surface area contributed by atoms with Gasteiger partial charge in [0.1, 0.15) is 0 Å². The fraction of sp³-hybridized carbons (Fsp3) is 0.304. The minimum Gasteiger partial charge on any atom is -0.325 e. The predicted octanol–water partition coefficient (Wildman–Crippen LogP) is 5.02. The molecule has 0 aliphatic carbocycles. The fourth-order valence-corrected chi connectivity index (χ4v) is 6.16. The van der Waals surface area contributed by atoms with E-state index in [4.69, 9.17) is 11.6 Å². The molecule has 1 saturated heterocycles. The van der Waals surface area contributed by atoms with Crippen LogP contribution in [0.2, 0.25) is 5.02 Å². The van der Waals surface area contributed by atoms with E-state index in [1.807, 2.05) is 32.0 Å². The number of benzene rings is 2. The van der Waals surface area contributed by atoms with Crippen LogP contribution in [0.15, 0.2) is 52.4 Å². The van der Waals surface area contributed by atoms with E-state index in [0.717, 1.165) is 29.4 Å². The number of carbonyl (C=O) groups excluding carboxylic acids is 1. The van der Waals surface area contributed by atoms with E-state index in [1.165, 1.54) is 11.8 Å². The molecule has 2 aromatic carbocycles. The molecule has 1 N–H and O–H groups in total. The number of hydrogen-bond acceptors (Lipinski definition) is 5. The molecule has 0 atom stereocenters. The van der Waals surface area contributed by atoms with Crippen molar-refractivity contribution in [2.45, 2.75) is 36.6 Å². The van der Waals surface area contributed by atoms with Crippen molar-refractivity contribution in [3.63, 3.8) is 0 Å². The number of pyridine rings is 1. The first-order chi connectivity index (χ1) is 15.2. The second-order valence-corrected chi connectivity index (χ2v) is 11.2. The van der Waals surface area contributed by atoms with Gasteiger partial charge in [-0.25, -0.2) is 13.4 Å². The number of hydrogen-bond donors (Lipinski definition) is 1. The maximum Gasteiger partial charge on any atom is 0.243 e. The normalized spacial score (nSPS) is 14.7. The molecular formula is C23H24ClN3O3S2. The van der Waals surface area contributed by atoms with Gasteiger partial charge in [-0.3, -0.25) is 4.79 Å². The summed E-state index contributed by atoms with van der Waals surface area (Å²) in [7, 11) is -3.48. The number of nitrogens with zero attached hydrogens (tertiary/aromatic N) is 2. The number of aromatic nitrogens is 1. The molecule has 168 valence electrons. The largest absolute Gasteiger partial charge is 0.325 e. The Morgan fingerprint density at radius 3 is 2.56 bits per heavy atom. The number of sulfonamides is 1. The van der Waals surface area contributed by atoms with Crippen LogP contribution < -0.4 is 5.32 Å². The molecule has 1 amide bonds. The van der Waals surface area contributed by atoms with Gasteiger partial charge in [0, 0.05) is 29.2 Å². The molecule has 0 radical (unpaired) electrons. The van der Waals surface area contributed by atoms with Crippen LogP contribution in [0.25, 0.3) is 10.9 Å². The van der Waals surface area contributed by atoms with E-state index in [0.29, 0.717) is 39.2 Å². The summed E-state index contributed by atoms with van der Waals surface area (Å²) in [5.41, 5.74) is 3.23. The summed E-state index contributed by atoms with van der Waals surface area (Å²) >= 11 is 7.44. The molecule has 3 aromatic rings. The summed E-state index contributed by atoms with van der Waals surface area (Å²) in [6, 6.07) is 12.3. The molecule has 1 fully saturated rings. The topological polar surface area (TPSA) is 79.4 Å². The molecule has 0 bridgehead atoms. The van der Waals surface area contributed by atoms with Crippen LogP contribution in [0, 0.1) is 13.8 Å². The molecule has 0 saturated carbocycles. The van der Waals surface area contributed by atoms with Gasteiger partial charge in [0.05, 0.1) is 21.2 Å². The highest BCUT2D eigenvalue weighted by Gasteiger charge is 2.27. The monoisotopic (exact) mass is 489 g/mol. The van der Waals surface area contributed by atoms with Gasteiger partial charge < -0.3 is 5.32 Å². The number of thioether (sulfide) groups is 1. The Labute approximate surface area is 197 Å². The van der Waals surface area contributed by atoms with Crippen molar-refractivity contribution in [3.05, 3.63) is 58.6 Å². The molecule has 6 nitrogen and oxygen atoms in total. The van der Waals surface area contributed by atoms with E-state index in [1.54, 1.807) is 28.6 Å². The third-order valence-corrected chi connectivity index (χ3v) is 8.69. The van der Waals surface area contributed by atoms with Gasteiger partial charge in [0.2, 0.25) is 15.9 Å². The number of fused-ring (bicyclic) bond motifs is 1. The lowest BCUT2D eigenvalue weighted by Crippen LogP contribution is -2.27. The van der Waals surface area contributed by atoms with Crippen LogP contribution >= 0.6 is 23.4 Å². The van der Waals surface area contributed by atoms with E-state index in [2.05, 4.69) is 10.3 Å². The number of anilines is 1. The maximum absolute atomic E-state index is 12.9. The van der Waals surface area contributed by atoms with Crippen LogP contribution in [0.5, 0.6) is 0 Å². The molecule has 0 unspecified atom stereocenters. The highest BCUT2D eigenvalue weighted by molar-refractivity contribution is 7.99. The number of nitrogens with one attached hydrogen (secondary N) is 1. The average molecular weight is 490 g/mol. The Kier molecular flexibility index (Phi) is 6.76. The Balaban J connectivity index is 1.48. The Hall–Kier alpha value is -2.13. The zero-order valence-corrected chi connectivity index (χ0v) is 20.3. The second kappa shape index (κ2) is 9.39. The predicted molar refractivity (Wildman–Crippen MR) is 130 cm³/mol. The summed E-state index contributed by atoms with van der Waals surface area (Å²) in [5, 5.41) is 4.95. The number of halogens is 1. The van der Waals surface area contributed by atoms with Crippen LogP contribution in [-0.4, -0.2) is 42.5 Å². The van der Waals surface area contributed by atoms with Crippen molar-refractivity contribution in [3.8, 4) is 0 Å². The summed E-state index contributed by atoms with van der Waals surface area (Å²) in [4.78, 5) is 17.3. The number of rotatable bonds is 6. The molecule has 0 spiro atoms. The van der Waals surface area contributed by atoms with Crippen molar-refractivity contribution in [2.24, 2.45) is 0 Å². The highest BCUT2D eigenvalue weighted by atomic mass is 35.5. The smallest absolute Gasteiger partial charge is 0.243 e. The van der Waals surface area contributed by atoms with E-state index >= 15 is 0 Å². The standard InChI is InChI=1S/C23H24ClN3O3S2/c1-15-5-6-17(12-20(15)24)25-22(28)14-31-23-11-16(2)19-13-18(7-8-21(19)26-23)32(29,30)27-9-3-4-10-27/h5-8,11-13H,3-4,9-10,14H2,1-2H3,(H,25,28). The van der Waals surface area contributed by atoms with Gasteiger partial charge in [-0.1, -0.05) is 29.4 Å². The third kappa shape index (κ3) is 4.93. The quantitative estimate of drug-likeness (QED) is 0.492. The lowest BCUT2D eigenvalue weighted by atomic mass is 10.1. The summed E-state index contributed by atoms with van der Waals surface area (Å²) in [5.74, 6) is 0.0479. The molecule has 9 heteroatoms. The highest BCUT2D eigenvalue weighted by Crippen LogP contribution is 2.28. The molecule has 2 heterocycles. The summed E-state index contributed by atoms with van der Waals surface area (Å²) in [6.45, 7) is 4.98. The van der Waals surface area contributed by atoms with Gasteiger partial charge in [-0.15, -0.1) is 0 Å². The lowest BCUT2D eigenvalue weighted by molar-refractivity contribution is -0.113. The number of amides is 1. The molecule has 4 rings (SSSR count). The summed E-state index contributed by atoms with van der Waals surface area (Å²) < 4.78 is 27.3. The van der Waals surface area contributed by atoms with E-state index in [9.17, 15) is 13.2 Å². The van der Waals surface area contributed by atoms with Gasteiger partial charge in [0.25, 0.3) is 0 Å². The van der Waals surface area contributed by atoms with Crippen LogP contribution in [-0.2, 0) is 14.8 Å². The second-order valence-electron chi connectivity index (χ2n) is 7.87. The minimum atomic E-state index is -3.48. The first-order valence-electron chi connectivity index (χ1n) is 10.3. The average Bonchev–Trinajstić information content (AvgIpc) is 3.31. The number of carbonyl (C=O) groups is 1. The van der Waals surface area contributed by atoms with Gasteiger partial charge in [-0.05, 0) is 74.2 Å². The van der Waals surface area contributed by atoms with Crippen LogP contribution in [0.1, 0.15) is 24.0 Å². The van der Waals surface area contributed by atoms with Crippen molar-refractivity contribution >= 4 is 55.9 Å². The maximum atomic E-state index is 12.9.